The Morgan fingerprint density at radius 3 is 1.67 bits per heavy atom. The summed E-state index contributed by atoms with van der Waals surface area (Å²) in [6, 6.07) is 0. The predicted octanol–water partition coefficient (Wildman–Crippen LogP) is 4.51. The first-order chi connectivity index (χ1) is 8.64. The zero-order chi connectivity index (χ0) is 13.9. The van der Waals surface area contributed by atoms with Gasteiger partial charge in [0.1, 0.15) is 0 Å². The Morgan fingerprint density at radius 1 is 1.00 bits per heavy atom. The van der Waals surface area contributed by atoms with Gasteiger partial charge in [0.05, 0.1) is 0 Å². The molecule has 0 aliphatic rings. The van der Waals surface area contributed by atoms with Crippen LogP contribution in [0.25, 0.3) is 0 Å². The quantitative estimate of drug-likeness (QED) is 0.424. The second-order valence-corrected chi connectivity index (χ2v) is 16.6. The average Bonchev–Trinajstić information content (AvgIpc) is 2.40. The summed E-state index contributed by atoms with van der Waals surface area (Å²) in [5, 5.41) is 0. The summed E-state index contributed by atoms with van der Waals surface area (Å²) in [6.45, 7) is 6.58. The molecule has 0 saturated carbocycles. The number of hydrogen-bond acceptors (Lipinski definition) is 2. The molecule has 0 spiro atoms. The van der Waals surface area contributed by atoms with E-state index in [0.717, 1.165) is 13.3 Å². The van der Waals surface area contributed by atoms with Crippen molar-refractivity contribution in [1.82, 2.24) is 0 Å². The predicted molar refractivity (Wildman–Crippen MR) is 79.8 cm³/mol. The Hall–Kier alpha value is -0.171. The van der Waals surface area contributed by atoms with Crippen molar-refractivity contribution in [3.63, 3.8) is 0 Å². The van der Waals surface area contributed by atoms with Crippen LogP contribution in [0.1, 0.15) is 59.3 Å². The maximum absolute atomic E-state index is 11.5. The van der Waals surface area contributed by atoms with Crippen LogP contribution in [-0.2, 0) is 7.87 Å². The number of terminal acetylenes is 1. The van der Waals surface area contributed by atoms with E-state index in [-0.39, 0.29) is 0 Å². The van der Waals surface area contributed by atoms with Crippen LogP contribution in [0.3, 0.4) is 0 Å². The molecule has 0 heterocycles. The zero-order valence-corrected chi connectivity index (χ0v) is 15.1. The first-order valence-corrected chi connectivity index (χ1v) is 14.6. The summed E-state index contributed by atoms with van der Waals surface area (Å²) in [6.07, 6.45) is 12.2. The van der Waals surface area contributed by atoms with E-state index in [1.807, 2.05) is 0 Å². The second kappa shape index (κ2) is 10.7. The molecule has 0 aliphatic heterocycles. The zero-order valence-electron chi connectivity index (χ0n) is 12.3. The van der Waals surface area contributed by atoms with E-state index >= 15 is 0 Å². The molecule has 0 radical (unpaired) electrons. The maximum atomic E-state index is 11.5. The summed E-state index contributed by atoms with van der Waals surface area (Å²) in [7, 11) is 0. The van der Waals surface area contributed by atoms with Gasteiger partial charge in [0.2, 0.25) is 0 Å². The van der Waals surface area contributed by atoms with Gasteiger partial charge in [0.15, 0.2) is 0 Å². The van der Waals surface area contributed by atoms with Crippen LogP contribution in [0.15, 0.2) is 0 Å². The molecule has 0 aromatic heterocycles. The third-order valence-corrected chi connectivity index (χ3v) is 16.0. The van der Waals surface area contributed by atoms with Crippen molar-refractivity contribution in [3.8, 4) is 12.3 Å². The van der Waals surface area contributed by atoms with Crippen molar-refractivity contribution in [2.75, 3.05) is 0 Å². The minimum atomic E-state index is -2.76. The fourth-order valence-electron chi connectivity index (χ4n) is 2.25. The normalized spacial score (nSPS) is 11.0. The molecule has 0 aromatic rings. The van der Waals surface area contributed by atoms with Gasteiger partial charge < -0.3 is 0 Å². The van der Waals surface area contributed by atoms with Crippen molar-refractivity contribution in [2.24, 2.45) is 0 Å². The Labute approximate surface area is 117 Å². The summed E-state index contributed by atoms with van der Waals surface area (Å²) in [5.41, 5.74) is 0. The third-order valence-electron chi connectivity index (χ3n) is 3.38. The van der Waals surface area contributed by atoms with Crippen LogP contribution in [-0.4, -0.2) is 24.8 Å². The van der Waals surface area contributed by atoms with E-state index < -0.39 is 24.8 Å². The van der Waals surface area contributed by atoms with Gasteiger partial charge in [-0.05, 0) is 0 Å². The van der Waals surface area contributed by atoms with Crippen molar-refractivity contribution >= 4 is 24.8 Å². The molecule has 0 rings (SSSR count). The van der Waals surface area contributed by atoms with Crippen LogP contribution in [0, 0.1) is 12.3 Å². The first-order valence-electron chi connectivity index (χ1n) is 7.33. The van der Waals surface area contributed by atoms with Crippen LogP contribution in [0.2, 0.25) is 13.3 Å². The topological polar surface area (TPSA) is 26.3 Å². The number of carbonyl (C=O) groups excluding carboxylic acids is 1. The van der Waals surface area contributed by atoms with Crippen molar-refractivity contribution in [1.29, 1.82) is 0 Å². The summed E-state index contributed by atoms with van der Waals surface area (Å²) in [5.74, 6) is 1.73. The fourth-order valence-corrected chi connectivity index (χ4v) is 15.1. The van der Waals surface area contributed by atoms with E-state index in [0.29, 0.717) is 0 Å². The third kappa shape index (κ3) is 7.30. The second-order valence-electron chi connectivity index (χ2n) is 5.03. The van der Waals surface area contributed by atoms with E-state index in [1.54, 1.807) is 0 Å². The van der Waals surface area contributed by atoms with Gasteiger partial charge in [-0.25, -0.2) is 0 Å². The van der Waals surface area contributed by atoms with Crippen LogP contribution < -0.4 is 0 Å². The van der Waals surface area contributed by atoms with Gasteiger partial charge in [-0.1, -0.05) is 0 Å². The number of rotatable bonds is 10. The van der Waals surface area contributed by atoms with E-state index in [9.17, 15) is 4.79 Å². The molecular formula is C15H28O2Sn. The standard InChI is InChI=1S/3C4H9.C3H2O2.Sn/c3*1-3-4-2;1-2-3(4)5;/h3*1,3-4H2,2H3;1H,(H,4,5);/q;;;;+1/p-1. The van der Waals surface area contributed by atoms with Crippen molar-refractivity contribution in [3.05, 3.63) is 0 Å². The molecule has 0 aliphatic carbocycles. The Morgan fingerprint density at radius 2 is 1.39 bits per heavy atom. The summed E-state index contributed by atoms with van der Waals surface area (Å²) in [4.78, 5) is 11.5. The molecule has 0 saturated heterocycles. The minimum absolute atomic E-state index is 0.408. The molecule has 3 heteroatoms. The van der Waals surface area contributed by atoms with Crippen molar-refractivity contribution in [2.45, 2.75) is 72.6 Å². The van der Waals surface area contributed by atoms with Crippen LogP contribution >= 0.6 is 0 Å². The molecule has 0 atom stereocenters. The molecule has 0 amide bonds. The van der Waals surface area contributed by atoms with Crippen LogP contribution in [0.5, 0.6) is 0 Å². The van der Waals surface area contributed by atoms with Gasteiger partial charge in [0.25, 0.3) is 0 Å². The fraction of sp³-hybridized carbons (Fsp3) is 0.800. The molecule has 0 unspecified atom stereocenters. The Kier molecular flexibility index (Phi) is 10.6. The van der Waals surface area contributed by atoms with E-state index in [2.05, 4.69) is 26.7 Å². The van der Waals surface area contributed by atoms with E-state index in [1.165, 1.54) is 38.5 Å². The number of carbonyl (C=O) groups is 1. The molecular weight excluding hydrogens is 331 g/mol. The number of unbranched alkanes of at least 4 members (excludes halogenated alkanes) is 3. The first kappa shape index (κ1) is 17.8. The molecule has 2 nitrogen and oxygen atoms in total. The van der Waals surface area contributed by atoms with Gasteiger partial charge in [-0.3, -0.25) is 0 Å². The molecule has 104 valence electrons. The summed E-state index contributed by atoms with van der Waals surface area (Å²) < 4.78 is 9.28. The van der Waals surface area contributed by atoms with Gasteiger partial charge in [-0.2, -0.15) is 0 Å². The monoisotopic (exact) mass is 360 g/mol. The molecule has 18 heavy (non-hydrogen) atoms. The van der Waals surface area contributed by atoms with Crippen molar-refractivity contribution < 1.29 is 7.87 Å². The van der Waals surface area contributed by atoms with Crippen LogP contribution in [0.4, 0.5) is 0 Å². The molecule has 0 aromatic carbocycles. The molecule has 0 N–H and O–H groups in total. The van der Waals surface area contributed by atoms with Gasteiger partial charge in [-0.15, -0.1) is 0 Å². The van der Waals surface area contributed by atoms with Gasteiger partial charge in [0, 0.05) is 0 Å². The molecule has 0 fully saturated rings. The number of hydrogen-bond donors (Lipinski definition) is 0. The van der Waals surface area contributed by atoms with Gasteiger partial charge >= 0.3 is 118 Å². The Balaban J connectivity index is 4.73. The molecule has 0 bridgehead atoms. The summed E-state index contributed by atoms with van der Waals surface area (Å²) >= 11 is -2.76. The Bertz CT molecular complexity index is 246. The SMILES string of the molecule is C#CC(=O)[O][Sn]([CH2]CCC)([CH2]CCC)[CH2]CCC. The average molecular weight is 359 g/mol. The van der Waals surface area contributed by atoms with E-state index in [4.69, 9.17) is 9.50 Å².